The van der Waals surface area contributed by atoms with Crippen LogP contribution in [0, 0.1) is 0 Å². The fourth-order valence-corrected chi connectivity index (χ4v) is 5.18. The highest BCUT2D eigenvalue weighted by atomic mass is 31.2. The third-order valence-electron chi connectivity index (χ3n) is 6.90. The number of para-hydroxylation sites is 1. The standard InChI is InChI=1S/C31H56NO6P/c1-3-4-5-6-7-8-9-10-11-12-13-14-15-16-17-20-24-35-31-22-19-18-21-29(31)26-30(36-28-33)27-38-39(34)37-25-23-32-2/h18-19,21-22,28,30,32,34H,3-17,20,23-27H2,1-2H3/p+1. The molecule has 0 heterocycles. The quantitative estimate of drug-likeness (QED) is 0.0622. The summed E-state index contributed by atoms with van der Waals surface area (Å²) >= 11 is 0. The number of hydrogen-bond donors (Lipinski definition) is 2. The molecule has 226 valence electrons. The molecule has 0 radical (unpaired) electrons. The Morgan fingerprint density at radius 3 is 1.95 bits per heavy atom. The topological polar surface area (TPSA) is 90.8 Å². The number of hydrogen-bond acceptors (Lipinski definition) is 6. The molecule has 0 spiro atoms. The number of carbonyl (C=O) groups excluding carboxylic acids is 1. The van der Waals surface area contributed by atoms with Crippen LogP contribution in [0.5, 0.6) is 5.75 Å². The Bertz CT molecular complexity index is 680. The van der Waals surface area contributed by atoms with Crippen molar-refractivity contribution in [3.05, 3.63) is 29.8 Å². The summed E-state index contributed by atoms with van der Waals surface area (Å²) in [6.07, 6.45) is 21.5. The van der Waals surface area contributed by atoms with Crippen LogP contribution in [0.15, 0.2) is 24.3 Å². The van der Waals surface area contributed by atoms with Gasteiger partial charge >= 0.3 is 8.60 Å². The first-order valence-electron chi connectivity index (χ1n) is 15.5. The number of carbonyl (C=O) groups is 1. The first-order valence-corrected chi connectivity index (χ1v) is 16.7. The van der Waals surface area contributed by atoms with Gasteiger partial charge in [-0.15, -0.1) is 0 Å². The maximum absolute atomic E-state index is 11.0. The van der Waals surface area contributed by atoms with E-state index in [-0.39, 0.29) is 6.61 Å². The molecule has 0 aliphatic heterocycles. The van der Waals surface area contributed by atoms with Crippen molar-refractivity contribution >= 4 is 15.1 Å². The van der Waals surface area contributed by atoms with Gasteiger partial charge in [0, 0.05) is 6.42 Å². The van der Waals surface area contributed by atoms with Gasteiger partial charge in [0.1, 0.15) is 18.5 Å². The third kappa shape index (κ3) is 21.2. The Kier molecular flexibility index (Phi) is 24.7. The summed E-state index contributed by atoms with van der Waals surface area (Å²) in [4.78, 5) is 20.9. The molecule has 0 saturated heterocycles. The molecule has 0 saturated carbocycles. The number of rotatable bonds is 29. The lowest BCUT2D eigenvalue weighted by Gasteiger charge is -2.19. The number of nitrogens with two attached hydrogens (primary N) is 1. The van der Waals surface area contributed by atoms with Crippen LogP contribution in [0.2, 0.25) is 0 Å². The molecule has 8 heteroatoms. The van der Waals surface area contributed by atoms with Crippen molar-refractivity contribution in [1.29, 1.82) is 0 Å². The van der Waals surface area contributed by atoms with Gasteiger partial charge in [-0.25, -0.2) is 0 Å². The van der Waals surface area contributed by atoms with E-state index in [1.54, 1.807) is 0 Å². The summed E-state index contributed by atoms with van der Waals surface area (Å²) in [7, 11) is -0.0634. The third-order valence-corrected chi connectivity index (χ3v) is 7.68. The van der Waals surface area contributed by atoms with Crippen molar-refractivity contribution in [3.8, 4) is 5.75 Å². The Labute approximate surface area is 239 Å². The zero-order valence-electron chi connectivity index (χ0n) is 24.8. The molecule has 39 heavy (non-hydrogen) atoms. The first-order chi connectivity index (χ1) is 19.2. The predicted octanol–water partition coefficient (Wildman–Crippen LogP) is 6.86. The van der Waals surface area contributed by atoms with Crippen LogP contribution in [-0.4, -0.2) is 50.9 Å². The molecule has 0 aliphatic rings. The number of likely N-dealkylation sites (N-methyl/N-ethyl adjacent to an activating group) is 1. The van der Waals surface area contributed by atoms with Crippen LogP contribution in [0.4, 0.5) is 0 Å². The average molecular weight is 571 g/mol. The maximum Gasteiger partial charge on any atom is 0.330 e. The summed E-state index contributed by atoms with van der Waals surface area (Å²) in [5.41, 5.74) is 0.952. The Hall–Kier alpha value is -1.24. The molecular weight excluding hydrogens is 513 g/mol. The maximum atomic E-state index is 11.0. The second-order valence-electron chi connectivity index (χ2n) is 10.4. The molecule has 1 aromatic carbocycles. The number of ether oxygens (including phenoxy) is 2. The Balaban J connectivity index is 2.13. The molecule has 0 aromatic heterocycles. The minimum Gasteiger partial charge on any atom is -0.493 e. The van der Waals surface area contributed by atoms with Crippen molar-refractivity contribution in [1.82, 2.24) is 0 Å². The van der Waals surface area contributed by atoms with Gasteiger partial charge in [0.05, 0.1) is 26.8 Å². The fourth-order valence-electron chi connectivity index (χ4n) is 4.55. The Morgan fingerprint density at radius 2 is 1.38 bits per heavy atom. The molecule has 7 nitrogen and oxygen atoms in total. The number of unbranched alkanes of at least 4 members (excludes halogenated alkanes) is 15. The van der Waals surface area contributed by atoms with Crippen molar-refractivity contribution in [2.45, 2.75) is 122 Å². The van der Waals surface area contributed by atoms with Crippen LogP contribution < -0.4 is 10.1 Å². The van der Waals surface area contributed by atoms with E-state index in [0.29, 0.717) is 26.1 Å². The minimum atomic E-state index is -1.99. The minimum absolute atomic E-state index is 0.0598. The van der Waals surface area contributed by atoms with E-state index in [2.05, 4.69) is 6.92 Å². The summed E-state index contributed by atoms with van der Waals surface area (Å²) in [6.45, 7) is 4.57. The second-order valence-corrected chi connectivity index (χ2v) is 11.4. The van der Waals surface area contributed by atoms with E-state index in [4.69, 9.17) is 18.5 Å². The van der Waals surface area contributed by atoms with Crippen LogP contribution in [-0.2, 0) is 25.0 Å². The molecule has 1 rings (SSSR count). The van der Waals surface area contributed by atoms with Crippen molar-refractivity contribution in [2.75, 3.05) is 33.4 Å². The van der Waals surface area contributed by atoms with Gasteiger partial charge in [-0.05, 0) is 18.1 Å². The smallest absolute Gasteiger partial charge is 0.330 e. The molecule has 0 amide bonds. The molecule has 0 fully saturated rings. The van der Waals surface area contributed by atoms with Gasteiger partial charge in [0.15, 0.2) is 0 Å². The molecule has 3 N–H and O–H groups in total. The van der Waals surface area contributed by atoms with Gasteiger partial charge in [0.25, 0.3) is 6.47 Å². The lowest BCUT2D eigenvalue weighted by atomic mass is 10.0. The van der Waals surface area contributed by atoms with Crippen LogP contribution in [0.1, 0.15) is 115 Å². The summed E-state index contributed by atoms with van der Waals surface area (Å²) in [5.74, 6) is 0.805. The van der Waals surface area contributed by atoms with Gasteiger partial charge in [-0.3, -0.25) is 4.79 Å². The molecular formula is C31H57NO6P+. The van der Waals surface area contributed by atoms with Crippen molar-refractivity contribution in [2.24, 2.45) is 0 Å². The number of quaternary nitrogens is 1. The van der Waals surface area contributed by atoms with Crippen LogP contribution in [0.3, 0.4) is 0 Å². The summed E-state index contributed by atoms with van der Waals surface area (Å²) < 4.78 is 21.9. The number of benzene rings is 1. The highest BCUT2D eigenvalue weighted by Gasteiger charge is 2.17. The van der Waals surface area contributed by atoms with Gasteiger partial charge in [0.2, 0.25) is 0 Å². The lowest BCUT2D eigenvalue weighted by Crippen LogP contribution is -2.80. The summed E-state index contributed by atoms with van der Waals surface area (Å²) in [5, 5.41) is 1.96. The van der Waals surface area contributed by atoms with E-state index in [9.17, 15) is 9.69 Å². The van der Waals surface area contributed by atoms with E-state index < -0.39 is 14.7 Å². The molecule has 2 unspecified atom stereocenters. The van der Waals surface area contributed by atoms with Gasteiger partial charge < -0.3 is 28.7 Å². The van der Waals surface area contributed by atoms with E-state index in [1.807, 2.05) is 36.6 Å². The fraction of sp³-hybridized carbons (Fsp3) is 0.774. The van der Waals surface area contributed by atoms with Gasteiger partial charge in [-0.1, -0.05) is 121 Å². The highest BCUT2D eigenvalue weighted by Crippen LogP contribution is 2.33. The molecule has 0 aliphatic carbocycles. The zero-order valence-corrected chi connectivity index (χ0v) is 25.7. The highest BCUT2D eigenvalue weighted by molar-refractivity contribution is 7.40. The molecule has 1 aromatic rings. The zero-order chi connectivity index (χ0) is 28.2. The normalized spacial score (nSPS) is 12.8. The molecule has 2 atom stereocenters. The van der Waals surface area contributed by atoms with Gasteiger partial charge in [-0.2, -0.15) is 0 Å². The average Bonchev–Trinajstić information content (AvgIpc) is 2.94. The molecule has 0 bridgehead atoms. The van der Waals surface area contributed by atoms with Crippen molar-refractivity contribution in [3.63, 3.8) is 0 Å². The van der Waals surface area contributed by atoms with Crippen molar-refractivity contribution < 1.29 is 33.5 Å². The van der Waals surface area contributed by atoms with Crippen LogP contribution >= 0.6 is 8.60 Å². The van der Waals surface area contributed by atoms with Crippen LogP contribution in [0.25, 0.3) is 0 Å². The second kappa shape index (κ2) is 27.0. The van der Waals surface area contributed by atoms with E-state index in [0.717, 1.165) is 24.3 Å². The SMILES string of the molecule is CCCCCCCCCCCCCCCCCCOc1ccccc1CC(COP(O)OCC[NH2+]C)OC=O. The lowest BCUT2D eigenvalue weighted by molar-refractivity contribution is -0.627. The monoisotopic (exact) mass is 570 g/mol. The van der Waals surface area contributed by atoms with E-state index in [1.165, 1.54) is 96.3 Å². The first kappa shape index (κ1) is 35.8. The van der Waals surface area contributed by atoms with E-state index >= 15 is 0 Å². The Morgan fingerprint density at radius 1 is 0.821 bits per heavy atom. The predicted molar refractivity (Wildman–Crippen MR) is 160 cm³/mol. The largest absolute Gasteiger partial charge is 0.493 e. The summed E-state index contributed by atoms with van der Waals surface area (Å²) in [6, 6.07) is 7.81.